The summed E-state index contributed by atoms with van der Waals surface area (Å²) in [6.07, 6.45) is 5.05. The van der Waals surface area contributed by atoms with E-state index in [2.05, 4.69) is 17.5 Å². The Bertz CT molecular complexity index is 396. The molecule has 0 atom stereocenters. The number of allylic oxidation sites excluding steroid dienone is 1. The third-order valence-electron chi connectivity index (χ3n) is 2.25. The number of nitrogens with one attached hydrogen (secondary N) is 1. The number of benzene rings is 1. The van der Waals surface area contributed by atoms with Crippen molar-refractivity contribution >= 4 is 17.7 Å². The maximum atomic E-state index is 10.4. The highest BCUT2D eigenvalue weighted by Gasteiger charge is 2.09. The Morgan fingerprint density at radius 2 is 2.36 bits per heavy atom. The standard InChI is InChI=1S/C11H11NO2/c13-11(14)7-12-10-6-2-4-8-3-1-5-9(8)10/h1-2,4-6,12H,3,7H2,(H,13,14). The molecule has 1 aromatic carbocycles. The minimum atomic E-state index is -0.843. The summed E-state index contributed by atoms with van der Waals surface area (Å²) in [6.45, 7) is -0.0374. The number of rotatable bonds is 3. The van der Waals surface area contributed by atoms with E-state index in [4.69, 9.17) is 5.11 Å². The zero-order chi connectivity index (χ0) is 9.97. The molecule has 0 bridgehead atoms. The summed E-state index contributed by atoms with van der Waals surface area (Å²) in [5.74, 6) is -0.843. The van der Waals surface area contributed by atoms with E-state index in [1.165, 1.54) is 5.56 Å². The van der Waals surface area contributed by atoms with Gasteiger partial charge in [-0.1, -0.05) is 24.3 Å². The smallest absolute Gasteiger partial charge is 0.322 e. The van der Waals surface area contributed by atoms with Crippen LogP contribution >= 0.6 is 0 Å². The predicted octanol–water partition coefficient (Wildman–Crippen LogP) is 1.75. The highest BCUT2D eigenvalue weighted by molar-refractivity contribution is 5.78. The van der Waals surface area contributed by atoms with Crippen LogP contribution in [-0.2, 0) is 11.2 Å². The lowest BCUT2D eigenvalue weighted by Gasteiger charge is -2.08. The van der Waals surface area contributed by atoms with Crippen LogP contribution in [0.5, 0.6) is 0 Å². The monoisotopic (exact) mass is 189 g/mol. The summed E-state index contributed by atoms with van der Waals surface area (Å²) < 4.78 is 0. The maximum absolute atomic E-state index is 10.4. The molecule has 0 fully saturated rings. The molecule has 72 valence electrons. The predicted molar refractivity (Wildman–Crippen MR) is 55.3 cm³/mol. The Hall–Kier alpha value is -1.77. The summed E-state index contributed by atoms with van der Waals surface area (Å²) in [5, 5.41) is 11.4. The summed E-state index contributed by atoms with van der Waals surface area (Å²) in [4.78, 5) is 10.4. The number of carboxylic acid groups (broad SMARTS) is 1. The quantitative estimate of drug-likeness (QED) is 0.761. The largest absolute Gasteiger partial charge is 0.480 e. The van der Waals surface area contributed by atoms with Crippen LogP contribution in [0.15, 0.2) is 24.3 Å². The molecule has 0 spiro atoms. The number of anilines is 1. The average Bonchev–Trinajstić information content (AvgIpc) is 2.62. The van der Waals surface area contributed by atoms with Crippen molar-refractivity contribution in [3.05, 3.63) is 35.4 Å². The molecule has 0 saturated heterocycles. The van der Waals surface area contributed by atoms with E-state index in [1.54, 1.807) is 0 Å². The van der Waals surface area contributed by atoms with Gasteiger partial charge < -0.3 is 10.4 Å². The van der Waals surface area contributed by atoms with Crippen molar-refractivity contribution in [2.24, 2.45) is 0 Å². The highest BCUT2D eigenvalue weighted by atomic mass is 16.4. The van der Waals surface area contributed by atoms with Crippen LogP contribution in [0.25, 0.3) is 6.08 Å². The zero-order valence-electron chi connectivity index (χ0n) is 7.66. The van der Waals surface area contributed by atoms with Gasteiger partial charge >= 0.3 is 5.97 Å². The third-order valence-corrected chi connectivity index (χ3v) is 2.25. The van der Waals surface area contributed by atoms with E-state index in [9.17, 15) is 4.79 Å². The van der Waals surface area contributed by atoms with Gasteiger partial charge in [-0.15, -0.1) is 0 Å². The van der Waals surface area contributed by atoms with Crippen LogP contribution in [0.2, 0.25) is 0 Å². The molecule has 0 heterocycles. The molecule has 3 nitrogen and oxygen atoms in total. The minimum Gasteiger partial charge on any atom is -0.480 e. The molecule has 2 rings (SSSR count). The van der Waals surface area contributed by atoms with Crippen molar-refractivity contribution in [1.29, 1.82) is 0 Å². The van der Waals surface area contributed by atoms with Gasteiger partial charge in [-0.05, 0) is 18.1 Å². The van der Waals surface area contributed by atoms with Crippen molar-refractivity contribution in [2.75, 3.05) is 11.9 Å². The molecular formula is C11H11NO2. The Balaban J connectivity index is 2.21. The van der Waals surface area contributed by atoms with E-state index < -0.39 is 5.97 Å². The lowest BCUT2D eigenvalue weighted by atomic mass is 10.1. The minimum absolute atomic E-state index is 0.0374. The van der Waals surface area contributed by atoms with Crippen LogP contribution in [0.4, 0.5) is 5.69 Å². The SMILES string of the molecule is O=C(O)CNc1cccc2c1C=CC2. The fourth-order valence-corrected chi connectivity index (χ4v) is 1.62. The molecule has 1 aliphatic rings. The van der Waals surface area contributed by atoms with Crippen molar-refractivity contribution in [3.8, 4) is 0 Å². The molecule has 0 amide bonds. The first kappa shape index (κ1) is 8.81. The van der Waals surface area contributed by atoms with E-state index in [1.807, 2.05) is 18.2 Å². The summed E-state index contributed by atoms with van der Waals surface area (Å²) in [5.41, 5.74) is 3.27. The number of carboxylic acids is 1. The van der Waals surface area contributed by atoms with Gasteiger partial charge in [0.05, 0.1) is 0 Å². The van der Waals surface area contributed by atoms with E-state index in [-0.39, 0.29) is 6.54 Å². The van der Waals surface area contributed by atoms with Crippen LogP contribution in [0.1, 0.15) is 11.1 Å². The topological polar surface area (TPSA) is 49.3 Å². The Morgan fingerprint density at radius 1 is 1.50 bits per heavy atom. The van der Waals surface area contributed by atoms with Crippen LogP contribution in [0, 0.1) is 0 Å². The summed E-state index contributed by atoms with van der Waals surface area (Å²) in [6, 6.07) is 5.90. The first-order valence-corrected chi connectivity index (χ1v) is 4.51. The average molecular weight is 189 g/mol. The second kappa shape index (κ2) is 3.54. The van der Waals surface area contributed by atoms with E-state index >= 15 is 0 Å². The van der Waals surface area contributed by atoms with Gasteiger partial charge in [0.2, 0.25) is 0 Å². The summed E-state index contributed by atoms with van der Waals surface area (Å²) >= 11 is 0. The van der Waals surface area contributed by atoms with Crippen molar-refractivity contribution in [3.63, 3.8) is 0 Å². The fourth-order valence-electron chi connectivity index (χ4n) is 1.62. The first-order chi connectivity index (χ1) is 6.77. The van der Waals surface area contributed by atoms with Gasteiger partial charge in [0.1, 0.15) is 6.54 Å². The van der Waals surface area contributed by atoms with Crippen molar-refractivity contribution in [2.45, 2.75) is 6.42 Å². The van der Waals surface area contributed by atoms with Crippen molar-refractivity contribution in [1.82, 2.24) is 0 Å². The van der Waals surface area contributed by atoms with Crippen molar-refractivity contribution < 1.29 is 9.90 Å². The molecule has 0 aromatic heterocycles. The molecule has 1 aliphatic carbocycles. The Labute approximate surface area is 82.1 Å². The third kappa shape index (κ3) is 1.62. The van der Waals surface area contributed by atoms with Gasteiger partial charge in [0, 0.05) is 11.3 Å². The molecule has 0 saturated carbocycles. The van der Waals surface area contributed by atoms with Gasteiger partial charge in [0.25, 0.3) is 0 Å². The molecule has 2 N–H and O–H groups in total. The fraction of sp³-hybridized carbons (Fsp3) is 0.182. The normalized spacial score (nSPS) is 12.6. The number of hydrogen-bond acceptors (Lipinski definition) is 2. The highest BCUT2D eigenvalue weighted by Crippen LogP contribution is 2.26. The van der Waals surface area contributed by atoms with Gasteiger partial charge in [-0.25, -0.2) is 0 Å². The molecular weight excluding hydrogens is 178 g/mol. The zero-order valence-corrected chi connectivity index (χ0v) is 7.66. The molecule has 0 aliphatic heterocycles. The Kier molecular flexibility index (Phi) is 2.23. The number of hydrogen-bond donors (Lipinski definition) is 2. The molecule has 0 radical (unpaired) electrons. The van der Waals surface area contributed by atoms with Gasteiger partial charge in [-0.2, -0.15) is 0 Å². The van der Waals surface area contributed by atoms with Gasteiger partial charge in [-0.3, -0.25) is 4.79 Å². The first-order valence-electron chi connectivity index (χ1n) is 4.51. The van der Waals surface area contributed by atoms with Crippen LogP contribution in [-0.4, -0.2) is 17.6 Å². The lowest BCUT2D eigenvalue weighted by Crippen LogP contribution is -2.13. The molecule has 0 unspecified atom stereocenters. The Morgan fingerprint density at radius 3 is 3.14 bits per heavy atom. The van der Waals surface area contributed by atoms with E-state index in [0.717, 1.165) is 17.7 Å². The second-order valence-electron chi connectivity index (χ2n) is 3.23. The number of fused-ring (bicyclic) bond motifs is 1. The number of carbonyl (C=O) groups is 1. The second-order valence-corrected chi connectivity index (χ2v) is 3.23. The van der Waals surface area contributed by atoms with Crippen LogP contribution < -0.4 is 5.32 Å². The molecule has 3 heteroatoms. The van der Waals surface area contributed by atoms with E-state index in [0.29, 0.717) is 0 Å². The molecule has 14 heavy (non-hydrogen) atoms. The van der Waals surface area contributed by atoms with Gasteiger partial charge in [0.15, 0.2) is 0 Å². The number of aliphatic carboxylic acids is 1. The maximum Gasteiger partial charge on any atom is 0.322 e. The summed E-state index contributed by atoms with van der Waals surface area (Å²) in [7, 11) is 0. The molecule has 1 aromatic rings. The lowest BCUT2D eigenvalue weighted by molar-refractivity contribution is -0.134. The van der Waals surface area contributed by atoms with Crippen LogP contribution in [0.3, 0.4) is 0 Å².